The van der Waals surface area contributed by atoms with Crippen LogP contribution in [0.3, 0.4) is 0 Å². The van der Waals surface area contributed by atoms with Crippen molar-refractivity contribution < 1.29 is 18.3 Å². The van der Waals surface area contributed by atoms with Crippen LogP contribution in [0.15, 0.2) is 108 Å². The molecule has 0 aliphatic heterocycles. The number of aliphatic hydroxyl groups is 1. The Kier molecular flexibility index (Phi) is 7.71. The summed E-state index contributed by atoms with van der Waals surface area (Å²) < 4.78 is 29.2. The molecule has 4 N–H and O–H groups in total. The molecule has 0 saturated heterocycles. The number of anilines is 1. The smallest absolute Gasteiger partial charge is 0.268 e. The Morgan fingerprint density at radius 3 is 2.12 bits per heavy atom. The van der Waals surface area contributed by atoms with Crippen LogP contribution in [0.1, 0.15) is 48.4 Å². The van der Waals surface area contributed by atoms with Crippen LogP contribution in [0.2, 0.25) is 0 Å². The van der Waals surface area contributed by atoms with Gasteiger partial charge in [0.2, 0.25) is 0 Å². The molecular weight excluding hydrogens is 534 g/mol. The molecule has 0 aliphatic carbocycles. The topological polar surface area (TPSA) is 111 Å². The highest BCUT2D eigenvalue weighted by Crippen LogP contribution is 2.35. The fraction of sp³-hybridized carbons (Fsp3) is 0.182. The summed E-state index contributed by atoms with van der Waals surface area (Å²) in [7, 11) is -3.85. The van der Waals surface area contributed by atoms with E-state index in [1.54, 1.807) is 30.3 Å². The molecule has 1 amide bonds. The number of aromatic amines is 1. The van der Waals surface area contributed by atoms with E-state index < -0.39 is 16.1 Å². The number of H-pyrrole nitrogens is 1. The van der Waals surface area contributed by atoms with Crippen molar-refractivity contribution >= 4 is 32.5 Å². The van der Waals surface area contributed by atoms with Crippen molar-refractivity contribution in [3.05, 3.63) is 120 Å². The lowest BCUT2D eigenvalue weighted by molar-refractivity contribution is 0.0912. The van der Waals surface area contributed by atoms with Crippen molar-refractivity contribution in [2.24, 2.45) is 0 Å². The van der Waals surface area contributed by atoms with Gasteiger partial charge in [0.05, 0.1) is 17.5 Å². The second kappa shape index (κ2) is 11.2. The van der Waals surface area contributed by atoms with Crippen LogP contribution in [0.4, 0.5) is 5.69 Å². The van der Waals surface area contributed by atoms with Gasteiger partial charge in [-0.05, 0) is 52.4 Å². The lowest BCUT2D eigenvalue weighted by atomic mass is 9.87. The number of sulfonamides is 1. The molecule has 210 valence electrons. The number of hydrogen-bond donors (Lipinski definition) is 4. The zero-order valence-electron chi connectivity index (χ0n) is 23.2. The monoisotopic (exact) mass is 567 g/mol. The third kappa shape index (κ3) is 6.04. The van der Waals surface area contributed by atoms with Gasteiger partial charge >= 0.3 is 0 Å². The van der Waals surface area contributed by atoms with E-state index in [-0.39, 0.29) is 22.8 Å². The maximum atomic E-state index is 13.6. The van der Waals surface area contributed by atoms with E-state index in [0.717, 1.165) is 16.7 Å². The molecule has 4 aromatic carbocycles. The van der Waals surface area contributed by atoms with Crippen LogP contribution in [0.5, 0.6) is 0 Å². The van der Waals surface area contributed by atoms with E-state index >= 15 is 0 Å². The van der Waals surface area contributed by atoms with Gasteiger partial charge in [0.1, 0.15) is 5.69 Å². The molecule has 5 rings (SSSR count). The minimum Gasteiger partial charge on any atom is -0.394 e. The van der Waals surface area contributed by atoms with E-state index in [4.69, 9.17) is 0 Å². The van der Waals surface area contributed by atoms with Crippen LogP contribution in [0, 0.1) is 0 Å². The van der Waals surface area contributed by atoms with Gasteiger partial charge in [-0.25, -0.2) is 8.42 Å². The van der Waals surface area contributed by atoms with Gasteiger partial charge in [0, 0.05) is 22.2 Å². The standard InChI is InChI=1S/C33H33N3O4S/c1-33(2,3)24-14-17-26(18-15-24)41(39,40)36-25-16-19-28-27(20-25)30(23-12-8-5-9-13-23)31(34-28)32(38)35-29(21-37)22-10-6-4-7-11-22/h4-20,29,34,36-37H,21H2,1-3H3,(H,35,38)/t29-/m1/s1. The number of hydrogen-bond acceptors (Lipinski definition) is 4. The van der Waals surface area contributed by atoms with Crippen LogP contribution in [-0.4, -0.2) is 31.0 Å². The minimum absolute atomic E-state index is 0.0921. The Morgan fingerprint density at radius 1 is 0.878 bits per heavy atom. The summed E-state index contributed by atoms with van der Waals surface area (Å²) in [5.41, 5.74) is 4.53. The molecule has 0 aliphatic rings. The van der Waals surface area contributed by atoms with E-state index in [1.165, 1.54) is 0 Å². The van der Waals surface area contributed by atoms with Gasteiger partial charge in [-0.1, -0.05) is 93.6 Å². The molecule has 0 radical (unpaired) electrons. The van der Waals surface area contributed by atoms with Crippen LogP contribution >= 0.6 is 0 Å². The Morgan fingerprint density at radius 2 is 1.51 bits per heavy atom. The van der Waals surface area contributed by atoms with E-state index in [9.17, 15) is 18.3 Å². The molecule has 0 saturated carbocycles. The average molecular weight is 568 g/mol. The van der Waals surface area contributed by atoms with Gasteiger partial charge in [0.15, 0.2) is 0 Å². The number of benzene rings is 4. The zero-order valence-corrected chi connectivity index (χ0v) is 24.0. The minimum atomic E-state index is -3.85. The maximum absolute atomic E-state index is 13.6. The van der Waals surface area contributed by atoms with Crippen molar-refractivity contribution in [1.29, 1.82) is 0 Å². The third-order valence-electron chi connectivity index (χ3n) is 7.06. The normalized spacial score (nSPS) is 12.7. The number of aromatic nitrogens is 1. The largest absolute Gasteiger partial charge is 0.394 e. The first-order valence-corrected chi connectivity index (χ1v) is 14.9. The van der Waals surface area contributed by atoms with E-state index in [2.05, 4.69) is 35.8 Å². The summed E-state index contributed by atoms with van der Waals surface area (Å²) in [6, 6.07) is 30.1. The summed E-state index contributed by atoms with van der Waals surface area (Å²) >= 11 is 0. The molecule has 8 heteroatoms. The van der Waals surface area contributed by atoms with Crippen molar-refractivity contribution in [3.8, 4) is 11.1 Å². The first-order chi connectivity index (χ1) is 19.6. The average Bonchev–Trinajstić information content (AvgIpc) is 3.35. The van der Waals surface area contributed by atoms with Crippen LogP contribution < -0.4 is 10.0 Å². The first kappa shape index (κ1) is 28.1. The highest BCUT2D eigenvalue weighted by molar-refractivity contribution is 7.92. The summed E-state index contributed by atoms with van der Waals surface area (Å²) in [6.45, 7) is 5.96. The number of aliphatic hydroxyl groups excluding tert-OH is 1. The fourth-order valence-electron chi connectivity index (χ4n) is 4.83. The summed E-state index contributed by atoms with van der Waals surface area (Å²) in [4.78, 5) is 17.0. The van der Waals surface area contributed by atoms with Gasteiger partial charge < -0.3 is 15.4 Å². The zero-order chi connectivity index (χ0) is 29.2. The second-order valence-electron chi connectivity index (χ2n) is 11.0. The molecule has 0 spiro atoms. The second-order valence-corrected chi connectivity index (χ2v) is 12.7. The van der Waals surface area contributed by atoms with Gasteiger partial charge in [0.25, 0.3) is 15.9 Å². The molecular formula is C33H33N3O4S. The van der Waals surface area contributed by atoms with E-state index in [1.807, 2.05) is 72.8 Å². The van der Waals surface area contributed by atoms with Crippen molar-refractivity contribution in [3.63, 3.8) is 0 Å². The fourth-order valence-corrected chi connectivity index (χ4v) is 5.88. The highest BCUT2D eigenvalue weighted by Gasteiger charge is 2.23. The molecule has 7 nitrogen and oxygen atoms in total. The van der Waals surface area contributed by atoms with E-state index in [0.29, 0.717) is 27.8 Å². The summed E-state index contributed by atoms with van der Waals surface area (Å²) in [5, 5.41) is 13.6. The Balaban J connectivity index is 1.52. The Hall–Kier alpha value is -4.40. The third-order valence-corrected chi connectivity index (χ3v) is 8.46. The Bertz CT molecular complexity index is 1770. The molecule has 1 heterocycles. The number of nitrogens with one attached hydrogen (secondary N) is 3. The number of carbonyl (C=O) groups excluding carboxylic acids is 1. The number of rotatable bonds is 8. The molecule has 5 aromatic rings. The molecule has 1 aromatic heterocycles. The molecule has 1 atom stereocenters. The lowest BCUT2D eigenvalue weighted by Crippen LogP contribution is -2.31. The predicted octanol–water partition coefficient (Wildman–Crippen LogP) is 6.40. The van der Waals surface area contributed by atoms with Crippen LogP contribution in [0.25, 0.3) is 22.0 Å². The summed E-state index contributed by atoms with van der Waals surface area (Å²) in [5.74, 6) is -0.385. The molecule has 0 unspecified atom stereocenters. The number of fused-ring (bicyclic) bond motifs is 1. The number of amides is 1. The lowest BCUT2D eigenvalue weighted by Gasteiger charge is -2.19. The molecule has 41 heavy (non-hydrogen) atoms. The summed E-state index contributed by atoms with van der Waals surface area (Å²) in [6.07, 6.45) is 0. The molecule has 0 bridgehead atoms. The maximum Gasteiger partial charge on any atom is 0.268 e. The SMILES string of the molecule is CC(C)(C)c1ccc(S(=O)(=O)Nc2ccc3[nH]c(C(=O)N[C@H](CO)c4ccccc4)c(-c4ccccc4)c3c2)cc1. The van der Waals surface area contributed by atoms with Gasteiger partial charge in [-0.3, -0.25) is 9.52 Å². The number of carbonyl (C=O) groups is 1. The van der Waals surface area contributed by atoms with Crippen molar-refractivity contribution in [1.82, 2.24) is 10.3 Å². The first-order valence-electron chi connectivity index (χ1n) is 13.4. The molecule has 0 fully saturated rings. The van der Waals surface area contributed by atoms with Crippen LogP contribution in [-0.2, 0) is 15.4 Å². The van der Waals surface area contributed by atoms with Gasteiger partial charge in [-0.2, -0.15) is 0 Å². The quantitative estimate of drug-likeness (QED) is 0.174. The Labute approximate surface area is 240 Å². The predicted molar refractivity (Wildman–Crippen MR) is 163 cm³/mol. The van der Waals surface area contributed by atoms with Crippen molar-refractivity contribution in [2.75, 3.05) is 11.3 Å². The van der Waals surface area contributed by atoms with Gasteiger partial charge in [-0.15, -0.1) is 0 Å². The highest BCUT2D eigenvalue weighted by atomic mass is 32.2. The van der Waals surface area contributed by atoms with Crippen molar-refractivity contribution in [2.45, 2.75) is 37.1 Å².